The number of rotatable bonds is 6. The quantitative estimate of drug-likeness (QED) is 0.877. The highest BCUT2D eigenvalue weighted by Gasteiger charge is 2.18. The van der Waals surface area contributed by atoms with Gasteiger partial charge in [-0.05, 0) is 43.4 Å². The van der Waals surface area contributed by atoms with Crippen LogP contribution in [0.3, 0.4) is 0 Å². The van der Waals surface area contributed by atoms with Crippen molar-refractivity contribution in [2.45, 2.75) is 25.7 Å². The molecule has 0 spiro atoms. The second-order valence-electron chi connectivity index (χ2n) is 6.30. The lowest BCUT2D eigenvalue weighted by atomic mass is 10.1. The molecule has 5 heteroatoms. The van der Waals surface area contributed by atoms with Gasteiger partial charge in [-0.25, -0.2) is 0 Å². The van der Waals surface area contributed by atoms with E-state index in [2.05, 4.69) is 16.4 Å². The fourth-order valence-electron chi connectivity index (χ4n) is 3.18. The number of methoxy groups -OCH3 is 1. The normalized spacial score (nSPS) is 14.2. The van der Waals surface area contributed by atoms with Crippen LogP contribution in [0.2, 0.25) is 0 Å². The molecule has 3 rings (SSSR count). The number of pyridine rings is 1. The van der Waals surface area contributed by atoms with Crippen molar-refractivity contribution in [2.75, 3.05) is 32.1 Å². The predicted molar refractivity (Wildman–Crippen MR) is 99.2 cm³/mol. The fourth-order valence-corrected chi connectivity index (χ4v) is 3.18. The molecule has 2 heterocycles. The molecule has 0 radical (unpaired) electrons. The number of anilines is 1. The Bertz CT molecular complexity index is 712. The molecular weight excluding hydrogens is 314 g/mol. The van der Waals surface area contributed by atoms with E-state index in [9.17, 15) is 4.79 Å². The zero-order valence-corrected chi connectivity index (χ0v) is 14.7. The summed E-state index contributed by atoms with van der Waals surface area (Å²) in [5, 5.41) is 3.35. The van der Waals surface area contributed by atoms with Crippen molar-refractivity contribution in [1.82, 2.24) is 9.88 Å². The molecule has 1 saturated heterocycles. The standard InChI is InChI=1S/C20H25N3O2/c1-25-19-8-4-3-7-16(19)9-10-22-18-13-17(14-21-15-18)20(24)23-11-5-2-6-12-23/h3-4,7-8,13-15,22H,2,5-6,9-12H2,1H3. The van der Waals surface area contributed by atoms with E-state index in [1.807, 2.05) is 29.2 Å². The van der Waals surface area contributed by atoms with Crippen LogP contribution in [0, 0.1) is 0 Å². The number of ether oxygens (including phenoxy) is 1. The molecule has 132 valence electrons. The van der Waals surface area contributed by atoms with E-state index in [1.165, 1.54) is 6.42 Å². The Morgan fingerprint density at radius 2 is 2.00 bits per heavy atom. The first-order valence-electron chi connectivity index (χ1n) is 8.88. The molecule has 1 aliphatic heterocycles. The van der Waals surface area contributed by atoms with Gasteiger partial charge < -0.3 is 15.0 Å². The second kappa shape index (κ2) is 8.51. The zero-order chi connectivity index (χ0) is 17.5. The minimum Gasteiger partial charge on any atom is -0.496 e. The number of likely N-dealkylation sites (tertiary alicyclic amines) is 1. The summed E-state index contributed by atoms with van der Waals surface area (Å²) < 4.78 is 5.38. The maximum atomic E-state index is 12.6. The van der Waals surface area contributed by atoms with E-state index in [1.54, 1.807) is 19.5 Å². The van der Waals surface area contributed by atoms with Gasteiger partial charge in [0.25, 0.3) is 5.91 Å². The number of amides is 1. The Balaban J connectivity index is 1.59. The Labute approximate surface area is 149 Å². The number of hydrogen-bond acceptors (Lipinski definition) is 4. The molecule has 1 aromatic heterocycles. The molecule has 1 aromatic carbocycles. The van der Waals surface area contributed by atoms with Crippen LogP contribution in [0.1, 0.15) is 35.2 Å². The van der Waals surface area contributed by atoms with E-state index in [-0.39, 0.29) is 5.91 Å². The van der Waals surface area contributed by atoms with Gasteiger partial charge in [0.05, 0.1) is 18.4 Å². The zero-order valence-electron chi connectivity index (χ0n) is 14.7. The monoisotopic (exact) mass is 339 g/mol. The van der Waals surface area contributed by atoms with Crippen molar-refractivity contribution in [1.29, 1.82) is 0 Å². The number of carbonyl (C=O) groups excluding carboxylic acids is 1. The van der Waals surface area contributed by atoms with Gasteiger partial charge in [-0.3, -0.25) is 9.78 Å². The highest BCUT2D eigenvalue weighted by atomic mass is 16.5. The summed E-state index contributed by atoms with van der Waals surface area (Å²) in [6.45, 7) is 2.46. The molecule has 5 nitrogen and oxygen atoms in total. The molecule has 1 aliphatic rings. The van der Waals surface area contributed by atoms with Crippen molar-refractivity contribution in [3.8, 4) is 5.75 Å². The summed E-state index contributed by atoms with van der Waals surface area (Å²) in [6, 6.07) is 9.91. The Morgan fingerprint density at radius 1 is 1.20 bits per heavy atom. The van der Waals surface area contributed by atoms with Crippen LogP contribution in [0.5, 0.6) is 5.75 Å². The minimum absolute atomic E-state index is 0.0839. The highest BCUT2D eigenvalue weighted by molar-refractivity contribution is 5.94. The van der Waals surface area contributed by atoms with Crippen LogP contribution >= 0.6 is 0 Å². The average molecular weight is 339 g/mol. The maximum absolute atomic E-state index is 12.6. The van der Waals surface area contributed by atoms with E-state index >= 15 is 0 Å². The van der Waals surface area contributed by atoms with Crippen LogP contribution in [0.25, 0.3) is 0 Å². The molecule has 0 unspecified atom stereocenters. The summed E-state index contributed by atoms with van der Waals surface area (Å²) in [6.07, 6.45) is 7.66. The summed E-state index contributed by atoms with van der Waals surface area (Å²) in [5.41, 5.74) is 2.69. The molecule has 1 fully saturated rings. The minimum atomic E-state index is 0.0839. The van der Waals surface area contributed by atoms with Crippen LogP contribution in [0.4, 0.5) is 5.69 Å². The molecule has 1 N–H and O–H groups in total. The fraction of sp³-hybridized carbons (Fsp3) is 0.400. The molecule has 0 saturated carbocycles. The lowest BCUT2D eigenvalue weighted by molar-refractivity contribution is 0.0724. The maximum Gasteiger partial charge on any atom is 0.255 e. The molecule has 1 amide bonds. The number of hydrogen-bond donors (Lipinski definition) is 1. The van der Waals surface area contributed by atoms with E-state index < -0.39 is 0 Å². The first kappa shape index (κ1) is 17.3. The second-order valence-corrected chi connectivity index (χ2v) is 6.30. The summed E-state index contributed by atoms with van der Waals surface area (Å²) in [4.78, 5) is 18.7. The third-order valence-electron chi connectivity index (χ3n) is 4.54. The lowest BCUT2D eigenvalue weighted by Gasteiger charge is -2.26. The number of piperidine rings is 1. The molecule has 0 aliphatic carbocycles. The summed E-state index contributed by atoms with van der Waals surface area (Å²) >= 11 is 0. The van der Waals surface area contributed by atoms with Gasteiger partial charge in [0, 0.05) is 32.0 Å². The number of nitrogens with one attached hydrogen (secondary N) is 1. The third-order valence-corrected chi connectivity index (χ3v) is 4.54. The van der Waals surface area contributed by atoms with Gasteiger partial charge in [-0.1, -0.05) is 18.2 Å². The summed E-state index contributed by atoms with van der Waals surface area (Å²) in [7, 11) is 1.69. The Hall–Kier alpha value is -2.56. The van der Waals surface area contributed by atoms with Gasteiger partial charge in [-0.2, -0.15) is 0 Å². The largest absolute Gasteiger partial charge is 0.496 e. The molecular formula is C20H25N3O2. The van der Waals surface area contributed by atoms with Crippen LogP contribution in [0.15, 0.2) is 42.7 Å². The van der Waals surface area contributed by atoms with Crippen molar-refractivity contribution in [2.24, 2.45) is 0 Å². The first-order chi connectivity index (χ1) is 12.3. The number of carbonyl (C=O) groups is 1. The predicted octanol–water partition coefficient (Wildman–Crippen LogP) is 3.37. The summed E-state index contributed by atoms with van der Waals surface area (Å²) in [5.74, 6) is 0.983. The van der Waals surface area contributed by atoms with Crippen molar-refractivity contribution >= 4 is 11.6 Å². The van der Waals surface area contributed by atoms with Gasteiger partial charge >= 0.3 is 0 Å². The highest BCUT2D eigenvalue weighted by Crippen LogP contribution is 2.19. The number of para-hydroxylation sites is 1. The van der Waals surface area contributed by atoms with Gasteiger partial charge in [0.1, 0.15) is 5.75 Å². The SMILES string of the molecule is COc1ccccc1CCNc1cncc(C(=O)N2CCCCC2)c1. The van der Waals surface area contributed by atoms with Crippen molar-refractivity contribution in [3.05, 3.63) is 53.9 Å². The van der Waals surface area contributed by atoms with Crippen LogP contribution in [-0.4, -0.2) is 42.5 Å². The van der Waals surface area contributed by atoms with E-state index in [0.29, 0.717) is 5.56 Å². The van der Waals surface area contributed by atoms with Crippen LogP contribution in [-0.2, 0) is 6.42 Å². The van der Waals surface area contributed by atoms with Gasteiger partial charge in [0.15, 0.2) is 0 Å². The van der Waals surface area contributed by atoms with Gasteiger partial charge in [0.2, 0.25) is 0 Å². The number of nitrogens with zero attached hydrogens (tertiary/aromatic N) is 2. The Morgan fingerprint density at radius 3 is 2.80 bits per heavy atom. The third kappa shape index (κ3) is 4.50. The number of aromatic nitrogens is 1. The van der Waals surface area contributed by atoms with E-state index in [4.69, 9.17) is 4.74 Å². The molecule has 0 bridgehead atoms. The smallest absolute Gasteiger partial charge is 0.255 e. The molecule has 2 aromatic rings. The van der Waals surface area contributed by atoms with E-state index in [0.717, 1.165) is 55.9 Å². The van der Waals surface area contributed by atoms with Crippen LogP contribution < -0.4 is 10.1 Å². The number of benzene rings is 1. The lowest BCUT2D eigenvalue weighted by Crippen LogP contribution is -2.35. The average Bonchev–Trinajstić information content (AvgIpc) is 2.69. The van der Waals surface area contributed by atoms with Gasteiger partial charge in [-0.15, -0.1) is 0 Å². The molecule has 0 atom stereocenters. The van der Waals surface area contributed by atoms with Crippen molar-refractivity contribution in [3.63, 3.8) is 0 Å². The Kier molecular flexibility index (Phi) is 5.88. The topological polar surface area (TPSA) is 54.5 Å². The van der Waals surface area contributed by atoms with Crippen molar-refractivity contribution < 1.29 is 9.53 Å². The molecule has 25 heavy (non-hydrogen) atoms. The first-order valence-corrected chi connectivity index (χ1v) is 8.88.